The van der Waals surface area contributed by atoms with Gasteiger partial charge in [-0.2, -0.15) is 0 Å². The molecule has 0 atom stereocenters. The smallest absolute Gasteiger partial charge is 0.172 e. The quantitative estimate of drug-likeness (QED) is 0.668. The molecule has 0 aliphatic carbocycles. The number of hydrogen-bond donors (Lipinski definition) is 2. The number of hydrogen-bond acceptors (Lipinski definition) is 3. The van der Waals surface area contributed by atoms with Gasteiger partial charge in [0.2, 0.25) is 0 Å². The fraction of sp³-hybridized carbons (Fsp3) is 0.200. The maximum atomic E-state index is 9.78. The van der Waals surface area contributed by atoms with Gasteiger partial charge in [0, 0.05) is 15.8 Å². The molecule has 2 N–H and O–H groups in total. The molecule has 0 saturated heterocycles. The third-order valence-electron chi connectivity index (χ3n) is 2.98. The van der Waals surface area contributed by atoms with E-state index in [0.717, 1.165) is 11.3 Å². The minimum absolute atomic E-state index is 0.126. The zero-order valence-corrected chi connectivity index (χ0v) is 14.9. The molecule has 2 aromatic rings. The monoisotopic (exact) mass is 447 g/mol. The van der Waals surface area contributed by atoms with E-state index in [1.54, 1.807) is 7.11 Å². The first kappa shape index (κ1) is 15.4. The van der Waals surface area contributed by atoms with Crippen LogP contribution in [0.3, 0.4) is 0 Å². The zero-order chi connectivity index (χ0) is 14.7. The number of phenolic OH excluding ortho intramolecular Hbond substituents is 1. The van der Waals surface area contributed by atoms with Gasteiger partial charge in [-0.3, -0.25) is 0 Å². The van der Waals surface area contributed by atoms with Gasteiger partial charge in [0.05, 0.1) is 11.6 Å². The summed E-state index contributed by atoms with van der Waals surface area (Å²) in [6.07, 6.45) is 0. The summed E-state index contributed by atoms with van der Waals surface area (Å²) in [4.78, 5) is 0. The molecule has 106 valence electrons. The van der Waals surface area contributed by atoms with Gasteiger partial charge in [0.1, 0.15) is 0 Å². The summed E-state index contributed by atoms with van der Waals surface area (Å²) < 4.78 is 7.01. The SMILES string of the molecule is COc1cc(CNc2ccc(C)c(I)c2)cc(Br)c1O. The normalized spacial score (nSPS) is 10.4. The lowest BCUT2D eigenvalue weighted by Gasteiger charge is -2.11. The first-order valence-corrected chi connectivity index (χ1v) is 7.94. The largest absolute Gasteiger partial charge is 0.503 e. The Morgan fingerprint density at radius 2 is 2.05 bits per heavy atom. The molecular weight excluding hydrogens is 433 g/mol. The van der Waals surface area contributed by atoms with Gasteiger partial charge >= 0.3 is 0 Å². The van der Waals surface area contributed by atoms with Crippen LogP contribution in [0.15, 0.2) is 34.8 Å². The predicted octanol–water partition coefficient (Wildman–Crippen LogP) is 4.69. The lowest BCUT2D eigenvalue weighted by molar-refractivity contribution is 0.371. The molecule has 0 fully saturated rings. The van der Waals surface area contributed by atoms with Crippen LogP contribution in [0.25, 0.3) is 0 Å². The molecule has 2 rings (SSSR count). The summed E-state index contributed by atoms with van der Waals surface area (Å²) in [5.74, 6) is 0.593. The average molecular weight is 448 g/mol. The molecule has 0 heterocycles. The summed E-state index contributed by atoms with van der Waals surface area (Å²) in [5.41, 5.74) is 3.37. The van der Waals surface area contributed by atoms with Crippen molar-refractivity contribution in [1.29, 1.82) is 0 Å². The second kappa shape index (κ2) is 6.67. The lowest BCUT2D eigenvalue weighted by Crippen LogP contribution is -2.00. The minimum atomic E-state index is 0.126. The topological polar surface area (TPSA) is 41.5 Å². The first-order chi connectivity index (χ1) is 9.51. The van der Waals surface area contributed by atoms with Gasteiger partial charge in [0.15, 0.2) is 11.5 Å². The molecule has 0 radical (unpaired) electrons. The van der Waals surface area contributed by atoms with Crippen molar-refractivity contribution in [1.82, 2.24) is 0 Å². The maximum Gasteiger partial charge on any atom is 0.172 e. The first-order valence-electron chi connectivity index (χ1n) is 6.06. The van der Waals surface area contributed by atoms with Crippen molar-refractivity contribution < 1.29 is 9.84 Å². The molecule has 0 aliphatic rings. The van der Waals surface area contributed by atoms with Gasteiger partial charge in [-0.05, 0) is 80.8 Å². The number of ether oxygens (including phenoxy) is 1. The Bertz CT molecular complexity index is 632. The Morgan fingerprint density at radius 1 is 1.30 bits per heavy atom. The Kier molecular flexibility index (Phi) is 5.15. The van der Waals surface area contributed by atoms with Crippen LogP contribution in [-0.4, -0.2) is 12.2 Å². The molecule has 0 unspecified atom stereocenters. The molecule has 0 saturated carbocycles. The van der Waals surface area contributed by atoms with Crippen LogP contribution in [0.2, 0.25) is 0 Å². The van der Waals surface area contributed by atoms with Crippen LogP contribution in [0.4, 0.5) is 5.69 Å². The van der Waals surface area contributed by atoms with Gasteiger partial charge in [-0.1, -0.05) is 6.07 Å². The van der Waals surface area contributed by atoms with Crippen molar-refractivity contribution in [3.05, 3.63) is 49.5 Å². The molecule has 0 spiro atoms. The van der Waals surface area contributed by atoms with Crippen LogP contribution in [0, 0.1) is 10.5 Å². The van der Waals surface area contributed by atoms with Crippen LogP contribution >= 0.6 is 38.5 Å². The molecular formula is C15H15BrINO2. The highest BCUT2D eigenvalue weighted by atomic mass is 127. The highest BCUT2D eigenvalue weighted by molar-refractivity contribution is 14.1. The Labute approximate surface area is 140 Å². The zero-order valence-electron chi connectivity index (χ0n) is 11.2. The number of phenols is 1. The van der Waals surface area contributed by atoms with E-state index in [1.165, 1.54) is 9.13 Å². The van der Waals surface area contributed by atoms with E-state index in [0.29, 0.717) is 16.8 Å². The summed E-state index contributed by atoms with van der Waals surface area (Å²) in [6, 6.07) is 9.97. The second-order valence-electron chi connectivity index (χ2n) is 4.45. The number of benzene rings is 2. The molecule has 0 aliphatic heterocycles. The van der Waals surface area contributed by atoms with E-state index in [-0.39, 0.29) is 5.75 Å². The molecule has 2 aromatic carbocycles. The van der Waals surface area contributed by atoms with Crippen LogP contribution in [-0.2, 0) is 6.54 Å². The van der Waals surface area contributed by atoms with Gasteiger partial charge in [0.25, 0.3) is 0 Å². The van der Waals surface area contributed by atoms with E-state index in [1.807, 2.05) is 12.1 Å². The molecule has 0 amide bonds. The fourth-order valence-corrected chi connectivity index (χ4v) is 2.80. The van der Waals surface area contributed by atoms with Gasteiger partial charge < -0.3 is 15.2 Å². The summed E-state index contributed by atoms with van der Waals surface area (Å²) in [7, 11) is 1.54. The van der Waals surface area contributed by atoms with E-state index in [4.69, 9.17) is 4.74 Å². The molecule has 0 bridgehead atoms. The number of rotatable bonds is 4. The van der Waals surface area contributed by atoms with Gasteiger partial charge in [-0.15, -0.1) is 0 Å². The summed E-state index contributed by atoms with van der Waals surface area (Å²) in [6.45, 7) is 2.75. The number of aromatic hydroxyl groups is 1. The van der Waals surface area contributed by atoms with Crippen LogP contribution in [0.5, 0.6) is 11.5 Å². The minimum Gasteiger partial charge on any atom is -0.503 e. The summed E-state index contributed by atoms with van der Waals surface area (Å²) in [5, 5.41) is 13.1. The standard InChI is InChI=1S/C15H15BrINO2/c1-9-3-4-11(7-13(9)17)18-8-10-5-12(16)15(19)14(6-10)20-2/h3-7,18-19H,8H2,1-2H3. The lowest BCUT2D eigenvalue weighted by atomic mass is 10.2. The summed E-state index contributed by atoms with van der Waals surface area (Å²) >= 11 is 5.65. The highest BCUT2D eigenvalue weighted by Gasteiger charge is 2.08. The van der Waals surface area contributed by atoms with Crippen LogP contribution < -0.4 is 10.1 Å². The number of nitrogens with one attached hydrogen (secondary N) is 1. The second-order valence-corrected chi connectivity index (χ2v) is 6.46. The Morgan fingerprint density at radius 3 is 2.70 bits per heavy atom. The molecule has 0 aromatic heterocycles. The molecule has 3 nitrogen and oxygen atoms in total. The average Bonchev–Trinajstić information content (AvgIpc) is 2.43. The van der Waals surface area contributed by atoms with Crippen molar-refractivity contribution in [2.75, 3.05) is 12.4 Å². The molecule has 20 heavy (non-hydrogen) atoms. The number of halogens is 2. The van der Waals surface area contributed by atoms with E-state index >= 15 is 0 Å². The van der Waals surface area contributed by atoms with Gasteiger partial charge in [-0.25, -0.2) is 0 Å². The van der Waals surface area contributed by atoms with Crippen molar-refractivity contribution >= 4 is 44.2 Å². The number of methoxy groups -OCH3 is 1. The van der Waals surface area contributed by atoms with E-state index in [9.17, 15) is 5.11 Å². The maximum absolute atomic E-state index is 9.78. The van der Waals surface area contributed by atoms with Crippen molar-refractivity contribution in [2.24, 2.45) is 0 Å². The number of aryl methyl sites for hydroxylation is 1. The third-order valence-corrected chi connectivity index (χ3v) is 4.74. The number of anilines is 1. The van der Waals surface area contributed by atoms with E-state index < -0.39 is 0 Å². The Hall–Kier alpha value is -0.950. The fourth-order valence-electron chi connectivity index (χ4n) is 1.79. The highest BCUT2D eigenvalue weighted by Crippen LogP contribution is 2.35. The van der Waals surface area contributed by atoms with Crippen LogP contribution in [0.1, 0.15) is 11.1 Å². The van der Waals surface area contributed by atoms with Crippen molar-refractivity contribution in [2.45, 2.75) is 13.5 Å². The Balaban J connectivity index is 2.14. The third kappa shape index (κ3) is 3.58. The van der Waals surface area contributed by atoms with E-state index in [2.05, 4.69) is 69.0 Å². The molecule has 5 heteroatoms. The van der Waals surface area contributed by atoms with Crippen molar-refractivity contribution in [3.8, 4) is 11.5 Å². The van der Waals surface area contributed by atoms with Crippen molar-refractivity contribution in [3.63, 3.8) is 0 Å². The predicted molar refractivity (Wildman–Crippen MR) is 93.6 cm³/mol.